The molecular weight excluding hydrogens is 314 g/mol. The molecule has 5 nitrogen and oxygen atoms in total. The monoisotopic (exact) mass is 341 g/mol. The molecule has 0 atom stereocenters. The first-order valence-electron chi connectivity index (χ1n) is 7.89. The first kappa shape index (κ1) is 19.7. The predicted octanol–water partition coefficient (Wildman–Crippen LogP) is 2.33. The Hall–Kier alpha value is -1.30. The normalized spacial score (nSPS) is 11.3. The van der Waals surface area contributed by atoms with Crippen molar-refractivity contribution in [3.63, 3.8) is 0 Å². The Morgan fingerprint density at radius 2 is 2.00 bits per heavy atom. The Morgan fingerprint density at radius 3 is 2.65 bits per heavy atom. The van der Waals surface area contributed by atoms with Crippen molar-refractivity contribution < 1.29 is 9.53 Å². The van der Waals surface area contributed by atoms with Crippen LogP contribution in [0, 0.1) is 0 Å². The number of hydrogen-bond donors (Lipinski definition) is 3. The zero-order valence-electron chi connectivity index (χ0n) is 14.5. The molecule has 0 fully saturated rings. The molecule has 0 saturated heterocycles. The number of halogens is 1. The maximum atomic E-state index is 11.9. The van der Waals surface area contributed by atoms with E-state index in [-0.39, 0.29) is 18.1 Å². The molecule has 1 aromatic carbocycles. The molecule has 0 aromatic heterocycles. The van der Waals surface area contributed by atoms with Crippen LogP contribution in [-0.4, -0.2) is 38.2 Å². The quantitative estimate of drug-likeness (QED) is 0.603. The zero-order chi connectivity index (χ0) is 17.3. The molecule has 130 valence electrons. The average molecular weight is 342 g/mol. The third-order valence-corrected chi connectivity index (χ3v) is 3.23. The number of carbonyl (C=O) groups excluding carboxylic acids is 1. The number of benzene rings is 1. The van der Waals surface area contributed by atoms with Gasteiger partial charge in [-0.25, -0.2) is 0 Å². The van der Waals surface area contributed by atoms with Gasteiger partial charge < -0.3 is 20.7 Å². The summed E-state index contributed by atoms with van der Waals surface area (Å²) in [6.07, 6.45) is 1.04. The van der Waals surface area contributed by atoms with Gasteiger partial charge in [0.25, 0.3) is 5.91 Å². The molecule has 0 aliphatic rings. The molecule has 0 spiro atoms. The molecule has 1 rings (SSSR count). The molecule has 0 unspecified atom stereocenters. The van der Waals surface area contributed by atoms with Gasteiger partial charge in [-0.05, 0) is 65.5 Å². The van der Waals surface area contributed by atoms with Crippen LogP contribution in [0.2, 0.25) is 5.02 Å². The number of rotatable bonds is 9. The molecule has 3 N–H and O–H groups in total. The summed E-state index contributed by atoms with van der Waals surface area (Å²) in [6, 6.07) is 5.43. The molecule has 1 aromatic rings. The molecule has 0 radical (unpaired) electrons. The minimum Gasteiger partial charge on any atom is -0.483 e. The van der Waals surface area contributed by atoms with Crippen LogP contribution in [0.25, 0.3) is 0 Å². The summed E-state index contributed by atoms with van der Waals surface area (Å²) in [4.78, 5) is 11.9. The van der Waals surface area contributed by atoms with E-state index in [1.807, 2.05) is 33.9 Å². The molecule has 23 heavy (non-hydrogen) atoms. The molecular formula is C17H28ClN3O2. The van der Waals surface area contributed by atoms with Gasteiger partial charge in [-0.3, -0.25) is 4.79 Å². The van der Waals surface area contributed by atoms with E-state index in [1.165, 1.54) is 0 Å². The van der Waals surface area contributed by atoms with Crippen molar-refractivity contribution in [1.29, 1.82) is 0 Å². The molecule has 0 aliphatic carbocycles. The van der Waals surface area contributed by atoms with E-state index in [0.717, 1.165) is 25.1 Å². The summed E-state index contributed by atoms with van der Waals surface area (Å²) in [5.41, 5.74) is 0.684. The van der Waals surface area contributed by atoms with Gasteiger partial charge in [0.05, 0.1) is 0 Å². The van der Waals surface area contributed by atoms with E-state index in [9.17, 15) is 4.79 Å². The topological polar surface area (TPSA) is 62.4 Å². The summed E-state index contributed by atoms with van der Waals surface area (Å²) in [6.45, 7) is 8.33. The van der Waals surface area contributed by atoms with Crippen LogP contribution in [-0.2, 0) is 11.3 Å². The average Bonchev–Trinajstić information content (AvgIpc) is 2.44. The van der Waals surface area contributed by atoms with Crippen LogP contribution >= 0.6 is 11.6 Å². The second kappa shape index (κ2) is 9.75. The highest BCUT2D eigenvalue weighted by Crippen LogP contribution is 2.23. The second-order valence-corrected chi connectivity index (χ2v) is 6.91. The smallest absolute Gasteiger partial charge is 0.258 e. The Morgan fingerprint density at radius 1 is 1.26 bits per heavy atom. The standard InChI is InChI=1S/C17H28ClN3O2/c1-17(2,3)21-16(22)12-23-15-7-6-14(18)10-13(15)11-20-9-5-8-19-4/h6-7,10,19-20H,5,8-9,11-12H2,1-4H3,(H,21,22). The Balaban J connectivity index is 2.55. The van der Waals surface area contributed by atoms with E-state index in [4.69, 9.17) is 16.3 Å². The van der Waals surface area contributed by atoms with Gasteiger partial charge in [0.1, 0.15) is 5.75 Å². The molecule has 0 bridgehead atoms. The summed E-state index contributed by atoms with van der Waals surface area (Å²) in [7, 11) is 1.94. The fourth-order valence-corrected chi connectivity index (χ4v) is 2.23. The van der Waals surface area contributed by atoms with E-state index in [1.54, 1.807) is 12.1 Å². The molecule has 1 amide bonds. The van der Waals surface area contributed by atoms with Crippen LogP contribution in [0.1, 0.15) is 32.8 Å². The van der Waals surface area contributed by atoms with Crippen molar-refractivity contribution >= 4 is 17.5 Å². The van der Waals surface area contributed by atoms with E-state index < -0.39 is 0 Å². The second-order valence-electron chi connectivity index (χ2n) is 6.47. The number of ether oxygens (including phenoxy) is 1. The minimum absolute atomic E-state index is 0.00828. The van der Waals surface area contributed by atoms with Gasteiger partial charge in [0.15, 0.2) is 6.61 Å². The Bertz CT molecular complexity index is 501. The number of hydrogen-bond acceptors (Lipinski definition) is 4. The van der Waals surface area contributed by atoms with Crippen LogP contribution in [0.15, 0.2) is 18.2 Å². The number of carbonyl (C=O) groups is 1. The largest absolute Gasteiger partial charge is 0.483 e. The van der Waals surface area contributed by atoms with Crippen molar-refractivity contribution in [3.8, 4) is 5.75 Å². The van der Waals surface area contributed by atoms with Crippen LogP contribution in [0.4, 0.5) is 0 Å². The maximum Gasteiger partial charge on any atom is 0.258 e. The minimum atomic E-state index is -0.266. The number of amides is 1. The maximum absolute atomic E-state index is 11.9. The van der Waals surface area contributed by atoms with E-state index >= 15 is 0 Å². The van der Waals surface area contributed by atoms with Crippen molar-refractivity contribution in [2.24, 2.45) is 0 Å². The van der Waals surface area contributed by atoms with Crippen molar-refractivity contribution in [2.75, 3.05) is 26.7 Å². The van der Waals surface area contributed by atoms with Gasteiger partial charge in [0.2, 0.25) is 0 Å². The predicted molar refractivity (Wildman–Crippen MR) is 95.1 cm³/mol. The molecule has 0 aliphatic heterocycles. The highest BCUT2D eigenvalue weighted by molar-refractivity contribution is 6.30. The third kappa shape index (κ3) is 8.79. The highest BCUT2D eigenvalue weighted by Gasteiger charge is 2.14. The SMILES string of the molecule is CNCCCNCc1cc(Cl)ccc1OCC(=O)NC(C)(C)C. The first-order valence-corrected chi connectivity index (χ1v) is 8.27. The lowest BCUT2D eigenvalue weighted by Crippen LogP contribution is -2.43. The summed E-state index contributed by atoms with van der Waals surface area (Å²) in [5, 5.41) is 9.99. The Kier molecular flexibility index (Phi) is 8.37. The van der Waals surface area contributed by atoms with E-state index in [0.29, 0.717) is 17.3 Å². The Labute approximate surface area is 144 Å². The molecule has 0 heterocycles. The van der Waals surface area contributed by atoms with Crippen molar-refractivity contribution in [1.82, 2.24) is 16.0 Å². The highest BCUT2D eigenvalue weighted by atomic mass is 35.5. The van der Waals surface area contributed by atoms with Crippen molar-refractivity contribution in [3.05, 3.63) is 28.8 Å². The fourth-order valence-electron chi connectivity index (χ4n) is 2.04. The lowest BCUT2D eigenvalue weighted by atomic mass is 10.1. The van der Waals surface area contributed by atoms with Crippen LogP contribution < -0.4 is 20.7 Å². The van der Waals surface area contributed by atoms with Crippen molar-refractivity contribution in [2.45, 2.75) is 39.3 Å². The van der Waals surface area contributed by atoms with E-state index in [2.05, 4.69) is 16.0 Å². The van der Waals surface area contributed by atoms with Gasteiger partial charge in [-0.1, -0.05) is 11.6 Å². The van der Waals surface area contributed by atoms with Gasteiger partial charge in [0, 0.05) is 22.7 Å². The summed E-state index contributed by atoms with van der Waals surface area (Å²) >= 11 is 6.06. The summed E-state index contributed by atoms with van der Waals surface area (Å²) in [5.74, 6) is 0.542. The molecule has 0 saturated carbocycles. The first-order chi connectivity index (χ1) is 10.8. The van der Waals surface area contributed by atoms with Gasteiger partial charge in [-0.2, -0.15) is 0 Å². The van der Waals surface area contributed by atoms with Crippen LogP contribution in [0.5, 0.6) is 5.75 Å². The third-order valence-electron chi connectivity index (χ3n) is 2.99. The number of nitrogens with one attached hydrogen (secondary N) is 3. The van der Waals surface area contributed by atoms with Gasteiger partial charge in [-0.15, -0.1) is 0 Å². The lowest BCUT2D eigenvalue weighted by molar-refractivity contribution is -0.124. The van der Waals surface area contributed by atoms with Gasteiger partial charge >= 0.3 is 0 Å². The van der Waals surface area contributed by atoms with Crippen LogP contribution in [0.3, 0.4) is 0 Å². The summed E-state index contributed by atoms with van der Waals surface area (Å²) < 4.78 is 5.65. The fraction of sp³-hybridized carbons (Fsp3) is 0.588. The lowest BCUT2D eigenvalue weighted by Gasteiger charge is -2.21. The molecule has 6 heteroatoms. The zero-order valence-corrected chi connectivity index (χ0v) is 15.2.